The summed E-state index contributed by atoms with van der Waals surface area (Å²) >= 11 is 1.22. The molecule has 138 valence electrons. The number of nitrogens with one attached hydrogen (secondary N) is 1. The van der Waals surface area contributed by atoms with Crippen LogP contribution >= 0.6 is 11.8 Å². The highest BCUT2D eigenvalue weighted by Gasteiger charge is 2.26. The van der Waals surface area contributed by atoms with E-state index in [0.29, 0.717) is 4.90 Å². The molecule has 2 aromatic carbocycles. The van der Waals surface area contributed by atoms with E-state index in [1.54, 1.807) is 0 Å². The lowest BCUT2D eigenvalue weighted by atomic mass is 9.91. The van der Waals surface area contributed by atoms with Crippen LogP contribution in [-0.4, -0.2) is 18.0 Å². The van der Waals surface area contributed by atoms with Gasteiger partial charge < -0.3 is 11.1 Å². The van der Waals surface area contributed by atoms with Crippen molar-refractivity contribution in [2.75, 3.05) is 0 Å². The predicted octanol–water partition coefficient (Wildman–Crippen LogP) is 4.18. The minimum atomic E-state index is -0.913. The molecule has 2 aromatic rings. The van der Waals surface area contributed by atoms with Gasteiger partial charge in [-0.3, -0.25) is 4.79 Å². The molecule has 1 atom stereocenters. The molecule has 1 fully saturated rings. The van der Waals surface area contributed by atoms with Gasteiger partial charge in [-0.15, -0.1) is 11.8 Å². The number of rotatable bonds is 5. The molecule has 3 rings (SSSR count). The Balaban J connectivity index is 1.76. The Morgan fingerprint density at radius 1 is 1.04 bits per heavy atom. The Kier molecular flexibility index (Phi) is 6.27. The third-order valence-electron chi connectivity index (χ3n) is 4.60. The second-order valence-electron chi connectivity index (χ2n) is 6.60. The third kappa shape index (κ3) is 4.83. The number of hydrogen-bond acceptors (Lipinski definition) is 3. The van der Waals surface area contributed by atoms with Crippen LogP contribution < -0.4 is 11.1 Å². The lowest BCUT2D eigenvalue weighted by molar-refractivity contribution is -0.121. The standard InChI is InChI=1S/C20H22F2N2OS/c21-17-11-10-16(12-18(17)22)26-19(13-4-2-1-3-5-13)20(25)24-15-8-6-14(23)7-9-15/h1-5,10-12,14-15,19H,6-9,23H2,(H,24,25). The van der Waals surface area contributed by atoms with E-state index in [-0.39, 0.29) is 18.0 Å². The molecule has 6 heteroatoms. The normalized spacial score (nSPS) is 21.2. The topological polar surface area (TPSA) is 55.1 Å². The summed E-state index contributed by atoms with van der Waals surface area (Å²) in [5.41, 5.74) is 6.75. The summed E-state index contributed by atoms with van der Waals surface area (Å²) in [6.07, 6.45) is 3.53. The zero-order valence-electron chi connectivity index (χ0n) is 14.3. The van der Waals surface area contributed by atoms with Crippen LogP contribution in [0.25, 0.3) is 0 Å². The highest BCUT2D eigenvalue weighted by molar-refractivity contribution is 8.00. The van der Waals surface area contributed by atoms with Crippen molar-refractivity contribution in [3.63, 3.8) is 0 Å². The summed E-state index contributed by atoms with van der Waals surface area (Å²) in [4.78, 5) is 13.4. The van der Waals surface area contributed by atoms with E-state index in [1.807, 2.05) is 30.3 Å². The van der Waals surface area contributed by atoms with Gasteiger partial charge in [0.2, 0.25) is 5.91 Å². The molecule has 0 heterocycles. The first kappa shape index (κ1) is 18.9. The van der Waals surface area contributed by atoms with Gasteiger partial charge in [0.25, 0.3) is 0 Å². The van der Waals surface area contributed by atoms with E-state index in [1.165, 1.54) is 17.8 Å². The van der Waals surface area contributed by atoms with E-state index in [2.05, 4.69) is 5.32 Å². The van der Waals surface area contributed by atoms with Crippen molar-refractivity contribution >= 4 is 17.7 Å². The lowest BCUT2D eigenvalue weighted by Gasteiger charge is -2.28. The van der Waals surface area contributed by atoms with Crippen molar-refractivity contribution in [3.8, 4) is 0 Å². The molecule has 0 radical (unpaired) electrons. The zero-order chi connectivity index (χ0) is 18.5. The Labute approximate surface area is 156 Å². The molecule has 0 aromatic heterocycles. The molecule has 1 aliphatic rings. The average molecular weight is 376 g/mol. The maximum atomic E-state index is 13.5. The number of hydrogen-bond donors (Lipinski definition) is 2. The molecule has 3 nitrogen and oxygen atoms in total. The van der Waals surface area contributed by atoms with Gasteiger partial charge in [0.05, 0.1) is 0 Å². The number of halogens is 2. The van der Waals surface area contributed by atoms with Gasteiger partial charge >= 0.3 is 0 Å². The largest absolute Gasteiger partial charge is 0.352 e. The van der Waals surface area contributed by atoms with Gasteiger partial charge in [-0.05, 0) is 49.4 Å². The average Bonchev–Trinajstić information content (AvgIpc) is 2.65. The summed E-state index contributed by atoms with van der Waals surface area (Å²) < 4.78 is 26.7. The van der Waals surface area contributed by atoms with Crippen LogP contribution in [-0.2, 0) is 4.79 Å². The molecule has 1 unspecified atom stereocenters. The first-order chi connectivity index (χ1) is 12.5. The summed E-state index contributed by atoms with van der Waals surface area (Å²) in [6.45, 7) is 0. The van der Waals surface area contributed by atoms with Crippen LogP contribution in [0.1, 0.15) is 36.5 Å². The predicted molar refractivity (Wildman–Crippen MR) is 99.8 cm³/mol. The Morgan fingerprint density at radius 3 is 2.38 bits per heavy atom. The molecular formula is C20H22F2N2OS. The van der Waals surface area contributed by atoms with E-state index in [9.17, 15) is 13.6 Å². The van der Waals surface area contributed by atoms with Gasteiger partial charge in [0.1, 0.15) is 5.25 Å². The number of nitrogens with two attached hydrogens (primary N) is 1. The molecule has 1 aliphatic carbocycles. The maximum Gasteiger partial charge on any atom is 0.238 e. The minimum absolute atomic E-state index is 0.110. The van der Waals surface area contributed by atoms with Gasteiger partial charge in [0, 0.05) is 17.0 Å². The molecule has 0 bridgehead atoms. The number of thioether (sulfide) groups is 1. The lowest BCUT2D eigenvalue weighted by Crippen LogP contribution is -2.41. The number of amides is 1. The van der Waals surface area contributed by atoms with Crippen molar-refractivity contribution in [3.05, 3.63) is 65.7 Å². The Bertz CT molecular complexity index is 749. The fourth-order valence-corrected chi connectivity index (χ4v) is 4.19. The van der Waals surface area contributed by atoms with Crippen molar-refractivity contribution in [2.45, 2.75) is 47.9 Å². The zero-order valence-corrected chi connectivity index (χ0v) is 15.1. The highest BCUT2D eigenvalue weighted by atomic mass is 32.2. The molecule has 1 amide bonds. The third-order valence-corrected chi connectivity index (χ3v) is 5.85. The summed E-state index contributed by atoms with van der Waals surface area (Å²) in [7, 11) is 0. The van der Waals surface area contributed by atoms with Gasteiger partial charge in [0.15, 0.2) is 11.6 Å². The molecule has 26 heavy (non-hydrogen) atoms. The second kappa shape index (κ2) is 8.64. The van der Waals surface area contributed by atoms with E-state index >= 15 is 0 Å². The van der Waals surface area contributed by atoms with Gasteiger partial charge in [-0.2, -0.15) is 0 Å². The number of carbonyl (C=O) groups excluding carboxylic acids is 1. The van der Waals surface area contributed by atoms with Crippen molar-refractivity contribution in [1.29, 1.82) is 0 Å². The SMILES string of the molecule is NC1CCC(NC(=O)C(Sc2ccc(F)c(F)c2)c2ccccc2)CC1. The summed E-state index contributed by atoms with van der Waals surface area (Å²) in [5.74, 6) is -1.93. The first-order valence-corrected chi connectivity index (χ1v) is 9.63. The first-order valence-electron chi connectivity index (χ1n) is 8.75. The number of carbonyl (C=O) groups is 1. The van der Waals surface area contributed by atoms with Crippen LogP contribution in [0.4, 0.5) is 8.78 Å². The molecule has 3 N–H and O–H groups in total. The molecule has 0 spiro atoms. The van der Waals surface area contributed by atoms with Crippen LogP contribution in [0.2, 0.25) is 0 Å². The number of benzene rings is 2. The van der Waals surface area contributed by atoms with Crippen molar-refractivity contribution in [1.82, 2.24) is 5.32 Å². The fraction of sp³-hybridized carbons (Fsp3) is 0.350. The van der Waals surface area contributed by atoms with Crippen LogP contribution in [0.3, 0.4) is 0 Å². The highest BCUT2D eigenvalue weighted by Crippen LogP contribution is 2.36. The van der Waals surface area contributed by atoms with Crippen LogP contribution in [0.5, 0.6) is 0 Å². The molecule has 1 saturated carbocycles. The van der Waals surface area contributed by atoms with Crippen LogP contribution in [0.15, 0.2) is 53.4 Å². The van der Waals surface area contributed by atoms with Gasteiger partial charge in [-0.25, -0.2) is 8.78 Å². The second-order valence-corrected chi connectivity index (χ2v) is 7.78. The van der Waals surface area contributed by atoms with E-state index < -0.39 is 16.9 Å². The van der Waals surface area contributed by atoms with Crippen molar-refractivity contribution < 1.29 is 13.6 Å². The monoisotopic (exact) mass is 376 g/mol. The quantitative estimate of drug-likeness (QED) is 0.770. The Hall–Kier alpha value is -1.92. The van der Waals surface area contributed by atoms with Crippen molar-refractivity contribution in [2.24, 2.45) is 5.73 Å². The fourth-order valence-electron chi connectivity index (χ4n) is 3.13. The van der Waals surface area contributed by atoms with E-state index in [4.69, 9.17) is 5.73 Å². The van der Waals surface area contributed by atoms with E-state index in [0.717, 1.165) is 43.4 Å². The molecular weight excluding hydrogens is 354 g/mol. The molecule has 0 saturated heterocycles. The summed E-state index contributed by atoms with van der Waals surface area (Å²) in [5, 5.41) is 2.57. The smallest absolute Gasteiger partial charge is 0.238 e. The molecule has 0 aliphatic heterocycles. The van der Waals surface area contributed by atoms with Crippen LogP contribution in [0, 0.1) is 11.6 Å². The summed E-state index contributed by atoms with van der Waals surface area (Å²) in [6, 6.07) is 13.4. The van der Waals surface area contributed by atoms with Gasteiger partial charge in [-0.1, -0.05) is 30.3 Å². The minimum Gasteiger partial charge on any atom is -0.352 e. The maximum absolute atomic E-state index is 13.5. The Morgan fingerprint density at radius 2 is 1.73 bits per heavy atom.